The van der Waals surface area contributed by atoms with Gasteiger partial charge in [-0.2, -0.15) is 0 Å². The number of hydrogen-bond donors (Lipinski definition) is 1. The second-order valence-electron chi connectivity index (χ2n) is 5.16. The highest BCUT2D eigenvalue weighted by Crippen LogP contribution is 2.19. The van der Waals surface area contributed by atoms with Crippen LogP contribution in [-0.4, -0.2) is 46.3 Å². The number of carboxylic acid groups (broad SMARTS) is 1. The van der Waals surface area contributed by atoms with Crippen LogP contribution in [0.2, 0.25) is 0 Å². The molecular formula is C15H18N2O4. The molecule has 1 heterocycles. The van der Waals surface area contributed by atoms with E-state index in [1.165, 1.54) is 4.90 Å². The van der Waals surface area contributed by atoms with Crippen molar-refractivity contribution in [2.45, 2.75) is 32.4 Å². The van der Waals surface area contributed by atoms with Gasteiger partial charge in [-0.1, -0.05) is 35.5 Å². The zero-order valence-electron chi connectivity index (χ0n) is 12.0. The van der Waals surface area contributed by atoms with Gasteiger partial charge in [0.05, 0.1) is 5.71 Å². The Morgan fingerprint density at radius 2 is 2.05 bits per heavy atom. The molecule has 6 heteroatoms. The number of hydrogen-bond acceptors (Lipinski definition) is 4. The normalized spacial score (nSPS) is 17.3. The maximum atomic E-state index is 12.4. The molecule has 0 aromatic heterocycles. The summed E-state index contributed by atoms with van der Waals surface area (Å²) in [5.74, 6) is -1.39. The van der Waals surface area contributed by atoms with Crippen LogP contribution in [0, 0.1) is 0 Å². The van der Waals surface area contributed by atoms with E-state index in [0.29, 0.717) is 12.1 Å². The molecule has 0 radical (unpaired) electrons. The first-order valence-electron chi connectivity index (χ1n) is 6.79. The monoisotopic (exact) mass is 290 g/mol. The van der Waals surface area contributed by atoms with Crippen molar-refractivity contribution in [3.8, 4) is 0 Å². The Morgan fingerprint density at radius 1 is 1.38 bits per heavy atom. The lowest BCUT2D eigenvalue weighted by molar-refractivity contribution is -0.151. The standard InChI is InChI=1S/C15H18N2O4/c1-10(2)17(9-14(18)19)15(20)13-8-12(16-21-13)11-6-4-3-5-7-11/h3-7,10,13H,8-9H2,1-2H3,(H,18,19). The van der Waals surface area contributed by atoms with Gasteiger partial charge >= 0.3 is 5.97 Å². The summed E-state index contributed by atoms with van der Waals surface area (Å²) in [6.07, 6.45) is -0.395. The number of carbonyl (C=O) groups excluding carboxylic acids is 1. The van der Waals surface area contributed by atoms with Gasteiger partial charge in [0, 0.05) is 12.5 Å². The number of benzene rings is 1. The summed E-state index contributed by atoms with van der Waals surface area (Å²) in [6.45, 7) is 3.21. The van der Waals surface area contributed by atoms with Crippen molar-refractivity contribution in [3.63, 3.8) is 0 Å². The highest BCUT2D eigenvalue weighted by atomic mass is 16.6. The maximum absolute atomic E-state index is 12.4. The molecule has 1 atom stereocenters. The topological polar surface area (TPSA) is 79.2 Å². The van der Waals surface area contributed by atoms with Gasteiger partial charge in [-0.15, -0.1) is 0 Å². The molecular weight excluding hydrogens is 272 g/mol. The third-order valence-electron chi connectivity index (χ3n) is 3.26. The molecule has 0 aliphatic carbocycles. The van der Waals surface area contributed by atoms with Crippen molar-refractivity contribution in [2.24, 2.45) is 5.16 Å². The van der Waals surface area contributed by atoms with Gasteiger partial charge in [-0.3, -0.25) is 9.59 Å². The van der Waals surface area contributed by atoms with Gasteiger partial charge in [-0.05, 0) is 19.4 Å². The van der Waals surface area contributed by atoms with Gasteiger partial charge in [-0.25, -0.2) is 0 Å². The first-order chi connectivity index (χ1) is 9.99. The van der Waals surface area contributed by atoms with Crippen LogP contribution in [0.1, 0.15) is 25.8 Å². The molecule has 0 fully saturated rings. The minimum atomic E-state index is -1.04. The number of aliphatic carboxylic acids is 1. The Hall–Kier alpha value is -2.37. The minimum Gasteiger partial charge on any atom is -0.480 e. The Morgan fingerprint density at radius 3 is 2.62 bits per heavy atom. The van der Waals surface area contributed by atoms with Gasteiger partial charge in [0.2, 0.25) is 6.10 Å². The van der Waals surface area contributed by atoms with Crippen molar-refractivity contribution in [3.05, 3.63) is 35.9 Å². The first-order valence-corrected chi connectivity index (χ1v) is 6.79. The van der Waals surface area contributed by atoms with E-state index < -0.39 is 12.1 Å². The van der Waals surface area contributed by atoms with Crippen LogP contribution in [-0.2, 0) is 14.4 Å². The molecule has 1 aliphatic rings. The van der Waals surface area contributed by atoms with Crippen LogP contribution in [0.5, 0.6) is 0 Å². The zero-order chi connectivity index (χ0) is 15.4. The molecule has 1 unspecified atom stereocenters. The lowest BCUT2D eigenvalue weighted by Gasteiger charge is -2.26. The summed E-state index contributed by atoms with van der Waals surface area (Å²) < 4.78 is 0. The molecule has 112 valence electrons. The van der Waals surface area contributed by atoms with Crippen molar-refractivity contribution >= 4 is 17.6 Å². The van der Waals surface area contributed by atoms with E-state index in [9.17, 15) is 9.59 Å². The quantitative estimate of drug-likeness (QED) is 0.891. The summed E-state index contributed by atoms with van der Waals surface area (Å²) in [5.41, 5.74) is 1.61. The molecule has 1 aromatic rings. The van der Waals surface area contributed by atoms with Crippen LogP contribution in [0.25, 0.3) is 0 Å². The first kappa shape index (κ1) is 15.0. The van der Waals surface area contributed by atoms with Gasteiger partial charge in [0.1, 0.15) is 6.54 Å². The van der Waals surface area contributed by atoms with Crippen LogP contribution >= 0.6 is 0 Å². The second-order valence-corrected chi connectivity index (χ2v) is 5.16. The fourth-order valence-electron chi connectivity index (χ4n) is 2.16. The predicted octanol–water partition coefficient (Wildman–Crippen LogP) is 1.50. The highest BCUT2D eigenvalue weighted by molar-refractivity contribution is 6.04. The molecule has 1 aromatic carbocycles. The summed E-state index contributed by atoms with van der Waals surface area (Å²) in [7, 11) is 0. The van der Waals surface area contributed by atoms with E-state index >= 15 is 0 Å². The smallest absolute Gasteiger partial charge is 0.323 e. The average Bonchev–Trinajstić information content (AvgIpc) is 2.94. The number of carbonyl (C=O) groups is 2. The van der Waals surface area contributed by atoms with E-state index in [-0.39, 0.29) is 18.5 Å². The van der Waals surface area contributed by atoms with Crippen molar-refractivity contribution in [1.29, 1.82) is 0 Å². The number of nitrogens with zero attached hydrogens (tertiary/aromatic N) is 2. The summed E-state index contributed by atoms with van der Waals surface area (Å²) in [6, 6.07) is 9.25. The van der Waals surface area contributed by atoms with E-state index in [4.69, 9.17) is 9.94 Å². The van der Waals surface area contributed by atoms with Gasteiger partial charge in [0.15, 0.2) is 0 Å². The van der Waals surface area contributed by atoms with Crippen molar-refractivity contribution in [2.75, 3.05) is 6.54 Å². The lowest BCUT2D eigenvalue weighted by atomic mass is 10.0. The predicted molar refractivity (Wildman–Crippen MR) is 77.0 cm³/mol. The Bertz CT molecular complexity index is 554. The van der Waals surface area contributed by atoms with Gasteiger partial charge < -0.3 is 14.8 Å². The average molecular weight is 290 g/mol. The number of rotatable bonds is 5. The van der Waals surface area contributed by atoms with Crippen LogP contribution in [0.15, 0.2) is 35.5 Å². The van der Waals surface area contributed by atoms with Crippen LogP contribution in [0.4, 0.5) is 0 Å². The number of amides is 1. The highest BCUT2D eigenvalue weighted by Gasteiger charge is 2.34. The van der Waals surface area contributed by atoms with Crippen molar-refractivity contribution in [1.82, 2.24) is 4.90 Å². The molecule has 0 saturated carbocycles. The largest absolute Gasteiger partial charge is 0.480 e. The molecule has 1 amide bonds. The van der Waals surface area contributed by atoms with Gasteiger partial charge in [0.25, 0.3) is 5.91 Å². The van der Waals surface area contributed by atoms with E-state index in [0.717, 1.165) is 5.56 Å². The molecule has 1 N–H and O–H groups in total. The molecule has 2 rings (SSSR count). The SMILES string of the molecule is CC(C)N(CC(=O)O)C(=O)C1CC(c2ccccc2)=NO1. The molecule has 21 heavy (non-hydrogen) atoms. The summed E-state index contributed by atoms with van der Waals surface area (Å²) in [4.78, 5) is 29.7. The van der Waals surface area contributed by atoms with Crippen molar-refractivity contribution < 1.29 is 19.5 Å². The third kappa shape index (κ3) is 3.59. The number of oxime groups is 1. The number of carboxylic acids is 1. The summed E-state index contributed by atoms with van der Waals surface area (Å²) in [5, 5.41) is 12.8. The molecule has 6 nitrogen and oxygen atoms in total. The molecule has 0 saturated heterocycles. The zero-order valence-corrected chi connectivity index (χ0v) is 12.0. The third-order valence-corrected chi connectivity index (χ3v) is 3.26. The molecule has 0 bridgehead atoms. The molecule has 0 spiro atoms. The summed E-state index contributed by atoms with van der Waals surface area (Å²) >= 11 is 0. The van der Waals surface area contributed by atoms with E-state index in [1.54, 1.807) is 13.8 Å². The van der Waals surface area contributed by atoms with E-state index in [2.05, 4.69) is 5.16 Å². The fraction of sp³-hybridized carbons (Fsp3) is 0.400. The van der Waals surface area contributed by atoms with Crippen LogP contribution < -0.4 is 0 Å². The Kier molecular flexibility index (Phi) is 4.57. The van der Waals surface area contributed by atoms with E-state index in [1.807, 2.05) is 30.3 Å². The minimum absolute atomic E-state index is 0.210. The Balaban J connectivity index is 2.04. The second kappa shape index (κ2) is 6.39. The lowest BCUT2D eigenvalue weighted by Crippen LogP contribution is -2.46. The van der Waals surface area contributed by atoms with Crippen LogP contribution in [0.3, 0.4) is 0 Å². The fourth-order valence-corrected chi connectivity index (χ4v) is 2.16. The maximum Gasteiger partial charge on any atom is 0.323 e. The Labute approximate surface area is 123 Å². The molecule has 1 aliphatic heterocycles.